The molecule has 0 aliphatic rings. The van der Waals surface area contributed by atoms with Crippen LogP contribution in [0.1, 0.15) is 16.8 Å². The van der Waals surface area contributed by atoms with Crippen LogP contribution in [-0.4, -0.2) is 23.4 Å². The molecule has 5 nitrogen and oxygen atoms in total. The van der Waals surface area contributed by atoms with Crippen LogP contribution in [0.15, 0.2) is 35.3 Å². The molecule has 0 amide bonds. The quantitative estimate of drug-likeness (QED) is 0.488. The van der Waals surface area contributed by atoms with Crippen molar-refractivity contribution >= 4 is 22.7 Å². The van der Waals surface area contributed by atoms with Crippen LogP contribution in [-0.2, 0) is 6.42 Å². The van der Waals surface area contributed by atoms with Crippen LogP contribution in [0.3, 0.4) is 0 Å². The number of hydrogen-bond donors (Lipinski definition) is 2. The highest BCUT2D eigenvalue weighted by Crippen LogP contribution is 2.31. The average molecular weight is 303 g/mol. The molecule has 2 rings (SSSR count). The zero-order chi connectivity index (χ0) is 15.2. The standard InChI is InChI=1S/C15H17N3O2S/c1-4-5-12-6-11(7-13(20-3)14(12)19)8-16-18-15-17-10(2)9-21-15/h4,6-9,19H,1,5H2,2-3H3,(H,17,18). The Morgan fingerprint density at radius 1 is 1.52 bits per heavy atom. The van der Waals surface area contributed by atoms with Crippen LogP contribution in [0.5, 0.6) is 11.5 Å². The molecule has 0 aliphatic carbocycles. The van der Waals surface area contributed by atoms with Gasteiger partial charge in [0.05, 0.1) is 19.0 Å². The van der Waals surface area contributed by atoms with Gasteiger partial charge in [-0.05, 0) is 31.0 Å². The molecule has 2 aromatic rings. The number of phenols is 1. The van der Waals surface area contributed by atoms with Crippen LogP contribution in [0, 0.1) is 6.92 Å². The van der Waals surface area contributed by atoms with Gasteiger partial charge in [0.15, 0.2) is 11.5 Å². The largest absolute Gasteiger partial charge is 0.504 e. The monoisotopic (exact) mass is 303 g/mol. The van der Waals surface area contributed by atoms with Crippen molar-refractivity contribution in [1.82, 2.24) is 4.98 Å². The van der Waals surface area contributed by atoms with Gasteiger partial charge in [0, 0.05) is 10.9 Å². The number of aromatic nitrogens is 1. The third-order valence-electron chi connectivity index (χ3n) is 2.75. The van der Waals surface area contributed by atoms with Gasteiger partial charge in [-0.25, -0.2) is 4.98 Å². The van der Waals surface area contributed by atoms with Crippen LogP contribution < -0.4 is 10.2 Å². The minimum atomic E-state index is 0.137. The highest BCUT2D eigenvalue weighted by Gasteiger charge is 2.08. The first-order chi connectivity index (χ1) is 10.1. The Balaban J connectivity index is 2.18. The van der Waals surface area contributed by atoms with E-state index in [0.29, 0.717) is 12.2 Å². The second-order valence-electron chi connectivity index (χ2n) is 4.39. The van der Waals surface area contributed by atoms with Crippen LogP contribution >= 0.6 is 11.3 Å². The van der Waals surface area contributed by atoms with Gasteiger partial charge in [-0.3, -0.25) is 5.43 Å². The smallest absolute Gasteiger partial charge is 0.203 e. The summed E-state index contributed by atoms with van der Waals surface area (Å²) in [5.74, 6) is 0.555. The lowest BCUT2D eigenvalue weighted by Crippen LogP contribution is -1.95. The first-order valence-corrected chi connectivity index (χ1v) is 7.24. The fraction of sp³-hybridized carbons (Fsp3) is 0.200. The summed E-state index contributed by atoms with van der Waals surface area (Å²) in [5, 5.41) is 16.8. The third-order valence-corrected chi connectivity index (χ3v) is 3.62. The summed E-state index contributed by atoms with van der Waals surface area (Å²) in [7, 11) is 1.52. The number of nitrogens with one attached hydrogen (secondary N) is 1. The second-order valence-corrected chi connectivity index (χ2v) is 5.25. The van der Waals surface area contributed by atoms with E-state index in [4.69, 9.17) is 4.74 Å². The van der Waals surface area contributed by atoms with E-state index in [0.717, 1.165) is 22.0 Å². The van der Waals surface area contributed by atoms with E-state index in [1.165, 1.54) is 18.4 Å². The molecule has 6 heteroatoms. The van der Waals surface area contributed by atoms with E-state index in [1.54, 1.807) is 18.4 Å². The molecule has 0 bridgehead atoms. The molecule has 1 heterocycles. The number of hydrazone groups is 1. The lowest BCUT2D eigenvalue weighted by atomic mass is 10.1. The lowest BCUT2D eigenvalue weighted by Gasteiger charge is -2.09. The number of ether oxygens (including phenoxy) is 1. The molecule has 0 fully saturated rings. The first kappa shape index (κ1) is 15.1. The van der Waals surface area contributed by atoms with Gasteiger partial charge in [0.1, 0.15) is 0 Å². The summed E-state index contributed by atoms with van der Waals surface area (Å²) in [6.45, 7) is 5.61. The minimum absolute atomic E-state index is 0.137. The van der Waals surface area contributed by atoms with E-state index in [2.05, 4.69) is 22.1 Å². The molecular weight excluding hydrogens is 286 g/mol. The number of hydrogen-bond acceptors (Lipinski definition) is 6. The highest BCUT2D eigenvalue weighted by atomic mass is 32.1. The molecule has 0 saturated carbocycles. The molecule has 0 aliphatic heterocycles. The number of benzene rings is 1. The Morgan fingerprint density at radius 3 is 2.95 bits per heavy atom. The van der Waals surface area contributed by atoms with E-state index in [9.17, 15) is 5.11 Å². The van der Waals surface area contributed by atoms with Crippen molar-refractivity contribution in [2.24, 2.45) is 5.10 Å². The Bertz CT molecular complexity index is 665. The van der Waals surface area contributed by atoms with Gasteiger partial charge in [-0.1, -0.05) is 6.08 Å². The van der Waals surface area contributed by atoms with Crippen LogP contribution in [0.4, 0.5) is 5.13 Å². The fourth-order valence-electron chi connectivity index (χ4n) is 1.80. The number of nitrogens with zero attached hydrogens (tertiary/aromatic N) is 2. The molecule has 21 heavy (non-hydrogen) atoms. The van der Waals surface area contributed by atoms with Gasteiger partial charge >= 0.3 is 0 Å². The Hall–Kier alpha value is -2.34. The first-order valence-electron chi connectivity index (χ1n) is 6.36. The highest BCUT2D eigenvalue weighted by molar-refractivity contribution is 7.13. The number of aromatic hydroxyl groups is 1. The van der Waals surface area contributed by atoms with Crippen molar-refractivity contribution < 1.29 is 9.84 Å². The molecule has 1 aromatic carbocycles. The van der Waals surface area contributed by atoms with E-state index in [-0.39, 0.29) is 5.75 Å². The number of aryl methyl sites for hydroxylation is 1. The SMILES string of the molecule is C=CCc1cc(C=NNc2nc(C)cs2)cc(OC)c1O. The Labute approximate surface area is 127 Å². The average Bonchev–Trinajstić information content (AvgIpc) is 2.88. The summed E-state index contributed by atoms with van der Waals surface area (Å²) in [4.78, 5) is 4.25. The van der Waals surface area contributed by atoms with Crippen molar-refractivity contribution in [3.8, 4) is 11.5 Å². The normalized spacial score (nSPS) is 10.8. The van der Waals surface area contributed by atoms with E-state index >= 15 is 0 Å². The second kappa shape index (κ2) is 6.90. The molecule has 0 saturated heterocycles. The Kier molecular flexibility index (Phi) is 4.94. The molecular formula is C15H17N3O2S. The van der Waals surface area contributed by atoms with Crippen molar-refractivity contribution in [3.05, 3.63) is 47.0 Å². The maximum absolute atomic E-state index is 10.0. The van der Waals surface area contributed by atoms with Crippen molar-refractivity contribution in [1.29, 1.82) is 0 Å². The molecule has 0 spiro atoms. The van der Waals surface area contributed by atoms with Gasteiger partial charge in [-0.2, -0.15) is 5.10 Å². The topological polar surface area (TPSA) is 66.7 Å². The number of thiazole rings is 1. The molecule has 0 atom stereocenters. The molecule has 2 N–H and O–H groups in total. The van der Waals surface area contributed by atoms with Gasteiger partial charge in [0.25, 0.3) is 0 Å². The predicted molar refractivity (Wildman–Crippen MR) is 86.6 cm³/mol. The van der Waals surface area contributed by atoms with Crippen LogP contribution in [0.25, 0.3) is 0 Å². The summed E-state index contributed by atoms with van der Waals surface area (Å²) in [6, 6.07) is 3.57. The molecule has 110 valence electrons. The maximum Gasteiger partial charge on any atom is 0.203 e. The number of rotatable bonds is 6. The number of methoxy groups -OCH3 is 1. The number of phenolic OH excluding ortho intramolecular Hbond substituents is 1. The third kappa shape index (κ3) is 3.82. The lowest BCUT2D eigenvalue weighted by molar-refractivity contribution is 0.371. The van der Waals surface area contributed by atoms with Crippen molar-refractivity contribution in [2.75, 3.05) is 12.5 Å². The molecule has 0 radical (unpaired) electrons. The zero-order valence-corrected chi connectivity index (χ0v) is 12.8. The summed E-state index contributed by atoms with van der Waals surface area (Å²) < 4.78 is 5.16. The number of anilines is 1. The Morgan fingerprint density at radius 2 is 2.33 bits per heavy atom. The number of allylic oxidation sites excluding steroid dienone is 1. The van der Waals surface area contributed by atoms with Crippen molar-refractivity contribution in [3.63, 3.8) is 0 Å². The van der Waals surface area contributed by atoms with Crippen LogP contribution in [0.2, 0.25) is 0 Å². The fourth-order valence-corrected chi connectivity index (χ4v) is 2.43. The predicted octanol–water partition coefficient (Wildman–Crippen LogP) is 3.34. The summed E-state index contributed by atoms with van der Waals surface area (Å²) in [5.41, 5.74) is 5.39. The summed E-state index contributed by atoms with van der Waals surface area (Å²) >= 11 is 1.49. The maximum atomic E-state index is 10.0. The summed E-state index contributed by atoms with van der Waals surface area (Å²) in [6.07, 6.45) is 3.94. The van der Waals surface area contributed by atoms with E-state index < -0.39 is 0 Å². The molecule has 0 unspecified atom stereocenters. The zero-order valence-electron chi connectivity index (χ0n) is 12.0. The van der Waals surface area contributed by atoms with Gasteiger partial charge in [0.2, 0.25) is 5.13 Å². The minimum Gasteiger partial charge on any atom is -0.504 e. The van der Waals surface area contributed by atoms with E-state index in [1.807, 2.05) is 18.4 Å². The van der Waals surface area contributed by atoms with Gasteiger partial charge in [-0.15, -0.1) is 17.9 Å². The van der Waals surface area contributed by atoms with Gasteiger partial charge < -0.3 is 9.84 Å². The van der Waals surface area contributed by atoms with Crippen molar-refractivity contribution in [2.45, 2.75) is 13.3 Å². The molecule has 1 aromatic heterocycles.